The van der Waals surface area contributed by atoms with E-state index < -0.39 is 0 Å². The topological polar surface area (TPSA) is 77.5 Å². The van der Waals surface area contributed by atoms with Crippen LogP contribution in [0.5, 0.6) is 11.5 Å². The lowest BCUT2D eigenvalue weighted by molar-refractivity contribution is -0.121. The van der Waals surface area contributed by atoms with Crippen LogP contribution in [0.2, 0.25) is 0 Å². The van der Waals surface area contributed by atoms with Crippen molar-refractivity contribution >= 4 is 11.7 Å². The molecule has 0 saturated heterocycles. The fraction of sp³-hybridized carbons (Fsp3) is 0.240. The number of aromatic nitrogens is 1. The summed E-state index contributed by atoms with van der Waals surface area (Å²) in [6, 6.07) is 13.6. The number of nitrogens with one attached hydrogen (secondary N) is 1. The largest absolute Gasteiger partial charge is 0.497 e. The first kappa shape index (κ1) is 21.5. The number of rotatable bonds is 8. The van der Waals surface area contributed by atoms with Gasteiger partial charge in [0.2, 0.25) is 5.91 Å². The molecule has 1 atom stereocenters. The van der Waals surface area contributed by atoms with E-state index >= 15 is 0 Å². The molecule has 164 valence electrons. The Morgan fingerprint density at radius 2 is 1.84 bits per heavy atom. The van der Waals surface area contributed by atoms with Gasteiger partial charge in [0, 0.05) is 48.3 Å². The molecule has 2 heterocycles. The Morgan fingerprint density at radius 1 is 1.09 bits per heavy atom. The smallest absolute Gasteiger partial charge is 0.220 e. The maximum Gasteiger partial charge on any atom is 0.220 e. The summed E-state index contributed by atoms with van der Waals surface area (Å²) < 4.78 is 25.4. The summed E-state index contributed by atoms with van der Waals surface area (Å²) in [5, 5.41) is 2.79. The Hall–Kier alpha value is -3.74. The molecule has 0 aliphatic carbocycles. The van der Waals surface area contributed by atoms with E-state index in [-0.39, 0.29) is 43.0 Å². The standard InChI is InChI=1S/C25H23FN2O4/c1-31-18-4-2-17(3-5-18)23(29)8-9-24(30)28-15-19-14-21-22(26)7-6-20(25(21)32-19)16-10-12-27-13-11-16/h2-7,10-13,19H,8-9,14-15H2,1H3,(H,28,30). The molecule has 1 aliphatic heterocycles. The summed E-state index contributed by atoms with van der Waals surface area (Å²) in [6.45, 7) is 0.236. The second kappa shape index (κ2) is 9.60. The highest BCUT2D eigenvalue weighted by Crippen LogP contribution is 2.40. The monoisotopic (exact) mass is 434 g/mol. The van der Waals surface area contributed by atoms with Crippen molar-refractivity contribution in [1.29, 1.82) is 0 Å². The second-order valence-corrected chi connectivity index (χ2v) is 7.54. The number of ether oxygens (including phenoxy) is 2. The summed E-state index contributed by atoms with van der Waals surface area (Å²) in [7, 11) is 1.56. The fourth-order valence-electron chi connectivity index (χ4n) is 3.70. The van der Waals surface area contributed by atoms with Crippen LogP contribution in [0.1, 0.15) is 28.8 Å². The quantitative estimate of drug-likeness (QED) is 0.543. The first-order valence-electron chi connectivity index (χ1n) is 10.4. The molecule has 32 heavy (non-hydrogen) atoms. The molecule has 1 amide bonds. The number of nitrogens with zero attached hydrogens (tertiary/aromatic N) is 1. The number of hydrogen-bond acceptors (Lipinski definition) is 5. The van der Waals surface area contributed by atoms with Gasteiger partial charge in [-0.2, -0.15) is 0 Å². The van der Waals surface area contributed by atoms with Crippen molar-refractivity contribution in [2.24, 2.45) is 0 Å². The SMILES string of the molecule is COc1ccc(C(=O)CCC(=O)NCC2Cc3c(F)ccc(-c4ccncc4)c3O2)cc1. The van der Waals surface area contributed by atoms with Gasteiger partial charge in [0.15, 0.2) is 5.78 Å². The summed E-state index contributed by atoms with van der Waals surface area (Å²) >= 11 is 0. The minimum absolute atomic E-state index is 0.0706. The molecule has 0 saturated carbocycles. The van der Waals surface area contributed by atoms with Gasteiger partial charge in [-0.1, -0.05) is 0 Å². The zero-order valence-electron chi connectivity index (χ0n) is 17.6. The van der Waals surface area contributed by atoms with Gasteiger partial charge in [-0.25, -0.2) is 4.39 Å². The zero-order chi connectivity index (χ0) is 22.5. The molecule has 6 nitrogen and oxygen atoms in total. The number of fused-ring (bicyclic) bond motifs is 1. The van der Waals surface area contributed by atoms with E-state index in [1.54, 1.807) is 49.8 Å². The van der Waals surface area contributed by atoms with E-state index in [0.29, 0.717) is 29.0 Å². The first-order chi connectivity index (χ1) is 15.5. The van der Waals surface area contributed by atoms with Crippen LogP contribution in [0.3, 0.4) is 0 Å². The normalized spacial score (nSPS) is 14.4. The van der Waals surface area contributed by atoms with Crippen molar-refractivity contribution in [3.8, 4) is 22.6 Å². The number of benzene rings is 2. The van der Waals surface area contributed by atoms with Crippen molar-refractivity contribution < 1.29 is 23.5 Å². The summed E-state index contributed by atoms with van der Waals surface area (Å²) in [5.41, 5.74) is 2.72. The Balaban J connectivity index is 1.31. The Labute approximate surface area is 185 Å². The Kier molecular flexibility index (Phi) is 6.44. The number of Topliss-reactive ketones (excluding diaryl/α,β-unsaturated/α-hetero) is 1. The molecule has 4 rings (SSSR count). The molecule has 3 aromatic rings. The minimum Gasteiger partial charge on any atom is -0.497 e. The van der Waals surface area contributed by atoms with Crippen LogP contribution >= 0.6 is 0 Å². The summed E-state index contributed by atoms with van der Waals surface area (Å²) in [6.07, 6.45) is 3.51. The van der Waals surface area contributed by atoms with Gasteiger partial charge in [0.25, 0.3) is 0 Å². The van der Waals surface area contributed by atoms with Crippen molar-refractivity contribution in [1.82, 2.24) is 10.3 Å². The van der Waals surface area contributed by atoms with Gasteiger partial charge in [-0.3, -0.25) is 14.6 Å². The van der Waals surface area contributed by atoms with Crippen molar-refractivity contribution in [3.63, 3.8) is 0 Å². The van der Waals surface area contributed by atoms with E-state index in [1.807, 2.05) is 12.1 Å². The number of halogens is 1. The minimum atomic E-state index is -0.372. The van der Waals surface area contributed by atoms with Crippen molar-refractivity contribution in [2.75, 3.05) is 13.7 Å². The van der Waals surface area contributed by atoms with Crippen LogP contribution < -0.4 is 14.8 Å². The Bertz CT molecular complexity index is 1120. The first-order valence-corrected chi connectivity index (χ1v) is 10.4. The van der Waals surface area contributed by atoms with Crippen LogP contribution in [0.25, 0.3) is 11.1 Å². The van der Waals surface area contributed by atoms with E-state index in [9.17, 15) is 14.0 Å². The van der Waals surface area contributed by atoms with E-state index in [0.717, 1.165) is 11.1 Å². The van der Waals surface area contributed by atoms with E-state index in [1.165, 1.54) is 6.07 Å². The molecule has 0 radical (unpaired) electrons. The van der Waals surface area contributed by atoms with Crippen LogP contribution in [-0.4, -0.2) is 36.4 Å². The lowest BCUT2D eigenvalue weighted by atomic mass is 10.0. The van der Waals surface area contributed by atoms with Crippen LogP contribution in [0.15, 0.2) is 60.9 Å². The molecule has 0 spiro atoms. The predicted octanol–water partition coefficient (Wildman–Crippen LogP) is 3.98. The van der Waals surface area contributed by atoms with Gasteiger partial charge in [0.1, 0.15) is 23.4 Å². The highest BCUT2D eigenvalue weighted by molar-refractivity contribution is 5.98. The van der Waals surface area contributed by atoms with Gasteiger partial charge in [0.05, 0.1) is 13.7 Å². The molecule has 1 aliphatic rings. The lowest BCUT2D eigenvalue weighted by Gasteiger charge is -2.13. The van der Waals surface area contributed by atoms with Crippen molar-refractivity contribution in [3.05, 3.63) is 77.9 Å². The maximum atomic E-state index is 14.4. The number of hydrogen-bond donors (Lipinski definition) is 1. The third-order valence-electron chi connectivity index (χ3n) is 5.43. The number of carbonyl (C=O) groups excluding carboxylic acids is 2. The molecular weight excluding hydrogens is 411 g/mol. The van der Waals surface area contributed by atoms with Crippen LogP contribution in [-0.2, 0) is 11.2 Å². The van der Waals surface area contributed by atoms with Gasteiger partial charge in [-0.15, -0.1) is 0 Å². The van der Waals surface area contributed by atoms with Gasteiger partial charge < -0.3 is 14.8 Å². The zero-order valence-corrected chi connectivity index (χ0v) is 17.6. The number of methoxy groups -OCH3 is 1. The molecule has 1 unspecified atom stereocenters. The second-order valence-electron chi connectivity index (χ2n) is 7.54. The van der Waals surface area contributed by atoms with E-state index in [4.69, 9.17) is 9.47 Å². The molecule has 0 fully saturated rings. The van der Waals surface area contributed by atoms with Gasteiger partial charge in [-0.05, 0) is 54.1 Å². The highest BCUT2D eigenvalue weighted by Gasteiger charge is 2.29. The Morgan fingerprint density at radius 3 is 2.56 bits per heavy atom. The average molecular weight is 434 g/mol. The van der Waals surface area contributed by atoms with Crippen LogP contribution in [0.4, 0.5) is 4.39 Å². The summed E-state index contributed by atoms with van der Waals surface area (Å²) in [4.78, 5) is 28.5. The third-order valence-corrected chi connectivity index (χ3v) is 5.43. The summed E-state index contributed by atoms with van der Waals surface area (Å²) in [5.74, 6) is 0.486. The molecule has 7 heteroatoms. The average Bonchev–Trinajstić information content (AvgIpc) is 3.27. The number of ketones is 1. The molecule has 1 N–H and O–H groups in total. The third kappa shape index (κ3) is 4.77. The van der Waals surface area contributed by atoms with Crippen molar-refractivity contribution in [2.45, 2.75) is 25.4 Å². The van der Waals surface area contributed by atoms with Gasteiger partial charge >= 0.3 is 0 Å². The maximum absolute atomic E-state index is 14.4. The predicted molar refractivity (Wildman–Crippen MR) is 117 cm³/mol. The highest BCUT2D eigenvalue weighted by atomic mass is 19.1. The lowest BCUT2D eigenvalue weighted by Crippen LogP contribution is -2.34. The number of pyridine rings is 1. The molecule has 2 aromatic carbocycles. The molecule has 1 aromatic heterocycles. The van der Waals surface area contributed by atoms with Crippen LogP contribution in [0, 0.1) is 5.82 Å². The van der Waals surface area contributed by atoms with E-state index in [2.05, 4.69) is 10.3 Å². The molecule has 0 bridgehead atoms. The molecular formula is C25H23FN2O4. The number of amides is 1. The fourth-order valence-corrected chi connectivity index (χ4v) is 3.70. The number of carbonyl (C=O) groups is 2.